The van der Waals surface area contributed by atoms with E-state index in [4.69, 9.17) is 53.7 Å². The van der Waals surface area contributed by atoms with E-state index in [0.717, 1.165) is 0 Å². The molecule has 2 bridgehead atoms. The van der Waals surface area contributed by atoms with Gasteiger partial charge in [-0.05, 0) is 46.5 Å². The average molecular weight is 909 g/mol. The molecule has 0 aromatic carbocycles. The van der Waals surface area contributed by atoms with E-state index in [1.807, 2.05) is 55.4 Å². The van der Waals surface area contributed by atoms with Gasteiger partial charge in [-0.25, -0.2) is 14.5 Å². The summed E-state index contributed by atoms with van der Waals surface area (Å²) in [5.41, 5.74) is 4.82. The summed E-state index contributed by atoms with van der Waals surface area (Å²) in [7, 11) is -7.03. The Labute approximate surface area is 344 Å². The fourth-order valence-electron chi connectivity index (χ4n) is 7.86. The molecule has 0 spiro atoms. The third kappa shape index (κ3) is 9.65. The normalized spacial score (nSPS) is 31.8. The van der Waals surface area contributed by atoms with E-state index in [0.29, 0.717) is 12.3 Å². The van der Waals surface area contributed by atoms with Gasteiger partial charge >= 0.3 is 30.6 Å². The van der Waals surface area contributed by atoms with Crippen molar-refractivity contribution in [1.82, 2.24) is 24.5 Å². The van der Waals surface area contributed by atoms with Crippen molar-refractivity contribution in [2.45, 2.75) is 127 Å². The molecule has 6 rings (SSSR count). The first-order chi connectivity index (χ1) is 26.6. The highest BCUT2D eigenvalue weighted by atomic mass is 32.7. The second-order valence-electron chi connectivity index (χ2n) is 16.0. The van der Waals surface area contributed by atoms with Crippen LogP contribution in [-0.2, 0) is 47.7 Å². The smallest absolute Gasteiger partial charge is 0.386 e. The molecule has 5 N–H and O–H groups in total. The Balaban J connectivity index is 1.43. The molecule has 57 heavy (non-hydrogen) atoms. The van der Waals surface area contributed by atoms with Crippen molar-refractivity contribution in [3.8, 4) is 5.88 Å². The number of hydrogen-bond donors (Lipinski definition) is 5. The summed E-state index contributed by atoms with van der Waals surface area (Å²) in [6, 6.07) is 3.16. The van der Waals surface area contributed by atoms with Gasteiger partial charge in [-0.3, -0.25) is 23.3 Å². The second kappa shape index (κ2) is 17.4. The summed E-state index contributed by atoms with van der Waals surface area (Å²) in [4.78, 5) is 52.0. The van der Waals surface area contributed by atoms with E-state index in [-0.39, 0.29) is 58.8 Å². The Morgan fingerprint density at radius 3 is 2.37 bits per heavy atom. The maximum absolute atomic E-state index is 14.1. The van der Waals surface area contributed by atoms with Crippen molar-refractivity contribution < 1.29 is 50.4 Å². The number of nitrogens with two attached hydrogens (primary N) is 1. The van der Waals surface area contributed by atoms with E-state index in [1.54, 1.807) is 24.5 Å². The zero-order valence-electron chi connectivity index (χ0n) is 33.2. The minimum Gasteiger partial charge on any atom is -0.474 e. The number of nitrogens with one attached hydrogen (secondary N) is 1. The Bertz CT molecular complexity index is 2020. The predicted octanol–water partition coefficient (Wildman–Crippen LogP) is 5.84. The summed E-state index contributed by atoms with van der Waals surface area (Å²) in [6.45, 7) is 6.80. The number of fused-ring (bicyclic) bond motifs is 4. The summed E-state index contributed by atoms with van der Waals surface area (Å²) < 4.78 is 67.3. The van der Waals surface area contributed by atoms with Gasteiger partial charge in [-0.2, -0.15) is 4.98 Å². The molecule has 1 saturated carbocycles. The largest absolute Gasteiger partial charge is 0.474 e. The molecule has 1 aliphatic carbocycles. The Morgan fingerprint density at radius 2 is 1.74 bits per heavy atom. The van der Waals surface area contributed by atoms with Crippen molar-refractivity contribution in [2.75, 3.05) is 18.9 Å². The monoisotopic (exact) mass is 908 g/mol. The van der Waals surface area contributed by atoms with Gasteiger partial charge in [0.1, 0.15) is 30.7 Å². The van der Waals surface area contributed by atoms with E-state index < -0.39 is 78.9 Å². The Morgan fingerprint density at radius 1 is 1.04 bits per heavy atom. The number of ether oxygens (including phenoxy) is 2. The minimum absolute atomic E-state index is 0.138. The fraction of sp³-hybridized carbons (Fsp3) is 0.697. The number of aromatic nitrogens is 5. The van der Waals surface area contributed by atoms with Crippen molar-refractivity contribution in [2.24, 2.45) is 5.92 Å². The number of nitrogens with zero attached hydrogens (tertiary/aromatic N) is 4. The molecule has 2 aliphatic heterocycles. The van der Waals surface area contributed by atoms with E-state index in [9.17, 15) is 19.0 Å². The van der Waals surface area contributed by atoms with Crippen molar-refractivity contribution >= 4 is 71.7 Å². The molecule has 3 aromatic heterocycles. The highest BCUT2D eigenvalue weighted by Crippen LogP contribution is 2.59. The minimum atomic E-state index is -4.17. The van der Waals surface area contributed by atoms with Crippen LogP contribution in [0.3, 0.4) is 0 Å². The van der Waals surface area contributed by atoms with E-state index in [1.165, 1.54) is 10.9 Å². The summed E-state index contributed by atoms with van der Waals surface area (Å²) in [5.74, 6) is -0.268. The van der Waals surface area contributed by atoms with Crippen LogP contribution < -0.4 is 16.0 Å². The highest BCUT2D eigenvalue weighted by Gasteiger charge is 2.60. The van der Waals surface area contributed by atoms with Crippen molar-refractivity contribution in [3.05, 3.63) is 41.2 Å². The molecule has 318 valence electrons. The number of aromatic amines is 1. The first kappa shape index (κ1) is 44.9. The molecule has 2 saturated heterocycles. The van der Waals surface area contributed by atoms with Crippen molar-refractivity contribution in [1.29, 1.82) is 0 Å². The molecule has 9 atom stereocenters. The predicted molar refractivity (Wildman–Crippen MR) is 223 cm³/mol. The van der Waals surface area contributed by atoms with Crippen LogP contribution >= 0.6 is 25.8 Å². The molecular formula is C33H54N6O12P2S2Si2. The van der Waals surface area contributed by atoms with Crippen LogP contribution in [0.15, 0.2) is 35.6 Å². The lowest BCUT2D eigenvalue weighted by Crippen LogP contribution is -2.62. The van der Waals surface area contributed by atoms with Gasteiger partial charge < -0.3 is 42.5 Å². The number of thiol groups is 1. The SMILES string of the molecule is CC(C)[Si](O)(O[Si](O[C@H]1[C@H]2OP(O)(=S)OC[C@H]3C[C@@H](Oc4ccncn4)C[C@@H]3OP(=O)(S)OC[C@H]1O[C@H]2n1ccc2c(=O)[nH]c(N)nc21)(C(C)C)C(C)C)C(C)C. The average Bonchev–Trinajstić information content (AvgIpc) is 3.80. The number of rotatable bonds is 11. The zero-order valence-corrected chi connectivity index (χ0v) is 38.7. The van der Waals surface area contributed by atoms with Gasteiger partial charge in [0.25, 0.3) is 5.56 Å². The molecule has 0 radical (unpaired) electrons. The maximum atomic E-state index is 14.1. The molecular weight excluding hydrogens is 855 g/mol. The molecule has 18 nitrogen and oxygen atoms in total. The van der Waals surface area contributed by atoms with Crippen molar-refractivity contribution in [3.63, 3.8) is 0 Å². The van der Waals surface area contributed by atoms with Crippen LogP contribution in [0, 0.1) is 5.92 Å². The molecule has 3 fully saturated rings. The summed E-state index contributed by atoms with van der Waals surface area (Å²) >= 11 is 10.1. The Hall–Kier alpha value is -1.60. The molecule has 24 heteroatoms. The number of hydrogen-bond acceptors (Lipinski definition) is 16. The van der Waals surface area contributed by atoms with Gasteiger partial charge in [0, 0.05) is 30.8 Å². The second-order valence-corrected chi connectivity index (χ2v) is 30.3. The van der Waals surface area contributed by atoms with E-state index >= 15 is 0 Å². The molecule has 3 aliphatic rings. The topological polar surface area (TPSA) is 234 Å². The molecule has 0 amide bonds. The first-order valence-electron chi connectivity index (χ1n) is 19.0. The lowest BCUT2D eigenvalue weighted by atomic mass is 10.1. The number of nitrogen functional groups attached to an aromatic ring is 1. The molecule has 2 unspecified atom stereocenters. The third-order valence-corrected chi connectivity index (χ3v) is 23.8. The summed E-state index contributed by atoms with van der Waals surface area (Å²) in [5, 5.41) is 0.207. The first-order valence-corrected chi connectivity index (χ1v) is 28.3. The zero-order chi connectivity index (χ0) is 41.7. The lowest BCUT2D eigenvalue weighted by molar-refractivity contribution is -0.0496. The van der Waals surface area contributed by atoms with Crippen LogP contribution in [0.2, 0.25) is 22.2 Å². The van der Waals surface area contributed by atoms with Gasteiger partial charge in [-0.1, -0.05) is 67.6 Å². The Kier molecular flexibility index (Phi) is 13.7. The van der Waals surface area contributed by atoms with Crippen LogP contribution in [-0.4, -0.2) is 95.0 Å². The molecule has 3 aromatic rings. The van der Waals surface area contributed by atoms with Crippen LogP contribution in [0.1, 0.15) is 74.5 Å². The highest BCUT2D eigenvalue weighted by molar-refractivity contribution is 8.44. The van der Waals surface area contributed by atoms with E-state index in [2.05, 4.69) is 32.2 Å². The van der Waals surface area contributed by atoms with Gasteiger partial charge in [-0.15, -0.1) is 0 Å². The number of anilines is 1. The lowest BCUT2D eigenvalue weighted by Gasteiger charge is -2.47. The summed E-state index contributed by atoms with van der Waals surface area (Å²) in [6.07, 6.45) is -0.703. The standard InChI is InChI=1S/C33H54N6O12P2S2Si2/c1-18(2)56(43,19(3)4)51-57(20(5)6,21(7)8)50-28-26-16-45-52(41,54)48-25-14-23(46-27-9-11-35-17-36-27)13-22(25)15-44-53(42,55)49-29(28)32(47-26)39-12-10-24-30(39)37-33(34)38-31(24)40/h9-12,17-23,25-26,28-29,32,43H,13-16H2,1-8H3,(H,41,54)(H,42,55)(H3,34,37,38,40)/t22-,23-,25+,26-,28-,29-,32-,52?,53?/m1/s1. The van der Waals surface area contributed by atoms with Crippen LogP contribution in [0.4, 0.5) is 5.95 Å². The third-order valence-electron chi connectivity index (χ3n) is 10.9. The van der Waals surface area contributed by atoms with Gasteiger partial charge in [0.2, 0.25) is 11.8 Å². The van der Waals surface area contributed by atoms with Crippen LogP contribution in [0.25, 0.3) is 11.0 Å². The van der Waals surface area contributed by atoms with Gasteiger partial charge in [0.05, 0.1) is 24.7 Å². The molecule has 5 heterocycles. The van der Waals surface area contributed by atoms with Gasteiger partial charge in [0.15, 0.2) is 11.9 Å². The van der Waals surface area contributed by atoms with Crippen LogP contribution in [0.5, 0.6) is 5.88 Å². The fourth-order valence-corrected chi connectivity index (χ4v) is 20.8. The quantitative estimate of drug-likeness (QED) is 0.0863. The number of H-pyrrole nitrogens is 1. The maximum Gasteiger partial charge on any atom is 0.386 e.